The van der Waals surface area contributed by atoms with Crippen LogP contribution in [-0.4, -0.2) is 6.54 Å². The lowest BCUT2D eigenvalue weighted by atomic mass is 10.2. The highest BCUT2D eigenvalue weighted by Crippen LogP contribution is 2.26. The van der Waals surface area contributed by atoms with E-state index in [9.17, 15) is 4.39 Å². The highest BCUT2D eigenvalue weighted by atomic mass is 35.5. The maximum absolute atomic E-state index is 13.8. The molecule has 2 rings (SSSR count). The largest absolute Gasteiger partial charge is 0.489 e. The van der Waals surface area contributed by atoms with Crippen molar-refractivity contribution in [3.8, 4) is 17.6 Å². The predicted octanol–water partition coefficient (Wildman–Crippen LogP) is 4.02. The smallest absolute Gasteiger partial charge is 0.142 e. The number of benzene rings is 2. The molecule has 2 aromatic rings. The second-order valence-corrected chi connectivity index (χ2v) is 4.95. The summed E-state index contributed by atoms with van der Waals surface area (Å²) in [5, 5.41) is 1.02. The van der Waals surface area contributed by atoms with Gasteiger partial charge >= 0.3 is 0 Å². The third-order valence-electron chi connectivity index (χ3n) is 2.71. The van der Waals surface area contributed by atoms with Crippen molar-refractivity contribution >= 4 is 23.2 Å². The molecule has 2 nitrogen and oxygen atoms in total. The van der Waals surface area contributed by atoms with Crippen molar-refractivity contribution < 1.29 is 9.13 Å². The Morgan fingerprint density at radius 2 is 1.86 bits per heavy atom. The fourth-order valence-electron chi connectivity index (χ4n) is 1.66. The lowest BCUT2D eigenvalue weighted by Crippen LogP contribution is -1.98. The number of hydrogen-bond acceptors (Lipinski definition) is 2. The molecule has 21 heavy (non-hydrogen) atoms. The van der Waals surface area contributed by atoms with Gasteiger partial charge in [-0.3, -0.25) is 0 Å². The molecule has 0 aliphatic carbocycles. The molecule has 2 aromatic carbocycles. The van der Waals surface area contributed by atoms with E-state index in [1.165, 1.54) is 6.07 Å². The van der Waals surface area contributed by atoms with E-state index in [0.717, 1.165) is 0 Å². The average molecular weight is 324 g/mol. The van der Waals surface area contributed by atoms with Gasteiger partial charge in [0.25, 0.3) is 0 Å². The maximum Gasteiger partial charge on any atom is 0.142 e. The minimum atomic E-state index is -0.460. The van der Waals surface area contributed by atoms with Gasteiger partial charge in [0.1, 0.15) is 18.2 Å². The predicted molar refractivity (Wildman–Crippen MR) is 83.1 cm³/mol. The van der Waals surface area contributed by atoms with Gasteiger partial charge in [-0.25, -0.2) is 4.39 Å². The summed E-state index contributed by atoms with van der Waals surface area (Å²) in [6, 6.07) is 9.64. The second-order valence-electron chi connectivity index (χ2n) is 4.14. The molecule has 0 heterocycles. The molecule has 2 N–H and O–H groups in total. The zero-order chi connectivity index (χ0) is 15.2. The number of rotatable bonds is 3. The van der Waals surface area contributed by atoms with Crippen LogP contribution in [0.4, 0.5) is 4.39 Å². The number of hydrogen-bond donors (Lipinski definition) is 1. The Bertz CT molecular complexity index is 687. The third kappa shape index (κ3) is 4.12. The fraction of sp³-hybridized carbons (Fsp3) is 0.125. The lowest BCUT2D eigenvalue weighted by molar-refractivity contribution is 0.304. The van der Waals surface area contributed by atoms with Gasteiger partial charge in [0.15, 0.2) is 0 Å². The van der Waals surface area contributed by atoms with E-state index in [4.69, 9.17) is 33.7 Å². The highest BCUT2D eigenvalue weighted by molar-refractivity contribution is 6.35. The summed E-state index contributed by atoms with van der Waals surface area (Å²) in [6.45, 7) is 0.342. The van der Waals surface area contributed by atoms with Crippen LogP contribution < -0.4 is 10.5 Å². The Morgan fingerprint density at radius 3 is 2.48 bits per heavy atom. The van der Waals surface area contributed by atoms with Crippen LogP contribution >= 0.6 is 23.2 Å². The molecule has 0 bridgehead atoms. The first kappa shape index (κ1) is 15.7. The molecule has 5 heteroatoms. The van der Waals surface area contributed by atoms with E-state index in [1.54, 1.807) is 30.3 Å². The van der Waals surface area contributed by atoms with Crippen LogP contribution in [0.3, 0.4) is 0 Å². The average Bonchev–Trinajstić information content (AvgIpc) is 2.46. The van der Waals surface area contributed by atoms with Crippen LogP contribution in [-0.2, 0) is 6.61 Å². The molecule has 0 amide bonds. The monoisotopic (exact) mass is 323 g/mol. The molecule has 0 saturated heterocycles. The minimum Gasteiger partial charge on any atom is -0.489 e. The summed E-state index contributed by atoms with van der Waals surface area (Å²) < 4.78 is 19.3. The second kappa shape index (κ2) is 7.33. The van der Waals surface area contributed by atoms with Crippen LogP contribution in [0.5, 0.6) is 5.75 Å². The summed E-state index contributed by atoms with van der Waals surface area (Å²) in [4.78, 5) is 0. The van der Waals surface area contributed by atoms with Crippen molar-refractivity contribution in [1.29, 1.82) is 0 Å². The topological polar surface area (TPSA) is 35.2 Å². The normalized spacial score (nSPS) is 9.90. The van der Waals surface area contributed by atoms with E-state index in [2.05, 4.69) is 11.8 Å². The van der Waals surface area contributed by atoms with E-state index in [1.807, 2.05) is 0 Å². The van der Waals surface area contributed by atoms with E-state index < -0.39 is 5.82 Å². The Hall–Kier alpha value is -1.73. The van der Waals surface area contributed by atoms with E-state index >= 15 is 0 Å². The molecule has 0 aliphatic rings. The summed E-state index contributed by atoms with van der Waals surface area (Å²) >= 11 is 12.1. The van der Waals surface area contributed by atoms with Crippen molar-refractivity contribution in [3.05, 3.63) is 63.4 Å². The molecule has 0 radical (unpaired) electrons. The number of nitrogens with two attached hydrogens (primary N) is 1. The molecular weight excluding hydrogens is 312 g/mol. The van der Waals surface area contributed by atoms with Crippen molar-refractivity contribution in [2.24, 2.45) is 5.73 Å². The van der Waals surface area contributed by atoms with Gasteiger partial charge in [-0.1, -0.05) is 41.1 Å². The van der Waals surface area contributed by atoms with Crippen molar-refractivity contribution in [2.75, 3.05) is 6.54 Å². The van der Waals surface area contributed by atoms with Crippen LogP contribution in [0.2, 0.25) is 10.0 Å². The van der Waals surface area contributed by atoms with Crippen molar-refractivity contribution in [2.45, 2.75) is 6.61 Å². The Balaban J connectivity index is 2.12. The molecule has 0 spiro atoms. The molecule has 0 fully saturated rings. The van der Waals surface area contributed by atoms with Gasteiger partial charge in [-0.15, -0.1) is 0 Å². The Kier molecular flexibility index (Phi) is 5.46. The van der Waals surface area contributed by atoms with E-state index in [0.29, 0.717) is 21.4 Å². The maximum atomic E-state index is 13.8. The number of ether oxygens (including phenoxy) is 1. The molecule has 0 aromatic heterocycles. The first-order valence-electron chi connectivity index (χ1n) is 6.16. The first-order chi connectivity index (χ1) is 10.1. The van der Waals surface area contributed by atoms with Gasteiger partial charge in [0, 0.05) is 21.7 Å². The van der Waals surface area contributed by atoms with Crippen molar-refractivity contribution in [3.63, 3.8) is 0 Å². The zero-order valence-corrected chi connectivity index (χ0v) is 12.5. The summed E-state index contributed by atoms with van der Waals surface area (Å²) in [7, 11) is 0. The molecule has 108 valence electrons. The summed E-state index contributed by atoms with van der Waals surface area (Å²) in [5.41, 5.74) is 6.19. The van der Waals surface area contributed by atoms with Crippen LogP contribution in [0.1, 0.15) is 11.1 Å². The molecule has 0 aliphatic heterocycles. The molecule has 0 saturated carbocycles. The molecule has 0 unspecified atom stereocenters. The zero-order valence-electron chi connectivity index (χ0n) is 11.0. The van der Waals surface area contributed by atoms with Gasteiger partial charge in [-0.2, -0.15) is 0 Å². The quantitative estimate of drug-likeness (QED) is 0.866. The fourth-order valence-corrected chi connectivity index (χ4v) is 2.17. The van der Waals surface area contributed by atoms with Crippen LogP contribution in [0, 0.1) is 17.7 Å². The van der Waals surface area contributed by atoms with Crippen molar-refractivity contribution in [1.82, 2.24) is 0 Å². The Labute approximate surface area is 132 Å². The van der Waals surface area contributed by atoms with Gasteiger partial charge in [0.2, 0.25) is 0 Å². The summed E-state index contributed by atoms with van der Waals surface area (Å²) in [5.74, 6) is 5.16. The van der Waals surface area contributed by atoms with Gasteiger partial charge in [0.05, 0.1) is 12.1 Å². The minimum absolute atomic E-state index is 0.159. The van der Waals surface area contributed by atoms with Crippen LogP contribution in [0.25, 0.3) is 0 Å². The summed E-state index contributed by atoms with van der Waals surface area (Å²) in [6.07, 6.45) is 0. The van der Waals surface area contributed by atoms with Gasteiger partial charge in [-0.05, 0) is 24.3 Å². The first-order valence-corrected chi connectivity index (χ1v) is 6.91. The molecular formula is C16H12Cl2FNO. The van der Waals surface area contributed by atoms with E-state index in [-0.39, 0.29) is 18.7 Å². The molecule has 0 atom stereocenters. The number of halogens is 3. The lowest BCUT2D eigenvalue weighted by Gasteiger charge is -2.09. The SMILES string of the molecule is NCC#Cc1ccc(OCc2c(Cl)cccc2Cl)cc1F. The Morgan fingerprint density at radius 1 is 1.14 bits per heavy atom. The third-order valence-corrected chi connectivity index (χ3v) is 3.42. The highest BCUT2D eigenvalue weighted by Gasteiger charge is 2.07. The standard InChI is InChI=1S/C16H12Cl2FNO/c17-14-4-1-5-15(18)13(14)10-21-12-7-6-11(3-2-8-20)16(19)9-12/h1,4-7,9H,8,10,20H2. The van der Waals surface area contributed by atoms with Gasteiger partial charge < -0.3 is 10.5 Å². The van der Waals surface area contributed by atoms with Crippen LogP contribution in [0.15, 0.2) is 36.4 Å².